The zero-order valence-corrected chi connectivity index (χ0v) is 10.8. The summed E-state index contributed by atoms with van der Waals surface area (Å²) in [6.07, 6.45) is 1.41. The van der Waals surface area contributed by atoms with E-state index in [4.69, 9.17) is 5.11 Å². The minimum absolute atomic E-state index is 0.233. The number of thioether (sulfide) groups is 1. The van der Waals surface area contributed by atoms with Crippen LogP contribution in [0.2, 0.25) is 0 Å². The molecule has 0 aliphatic carbocycles. The molecular formula is C14H13NO2S. The average molecular weight is 259 g/mol. The van der Waals surface area contributed by atoms with Gasteiger partial charge < -0.3 is 5.11 Å². The lowest BCUT2D eigenvalue weighted by Crippen LogP contribution is -1.99. The second-order valence-electron chi connectivity index (χ2n) is 3.93. The maximum atomic E-state index is 10.8. The molecule has 0 atom stereocenters. The molecule has 0 amide bonds. The third-order valence-corrected chi connectivity index (χ3v) is 3.67. The van der Waals surface area contributed by atoms with Crippen molar-refractivity contribution in [3.05, 3.63) is 59.3 Å². The van der Waals surface area contributed by atoms with Gasteiger partial charge in [-0.2, -0.15) is 0 Å². The van der Waals surface area contributed by atoms with Gasteiger partial charge in [0.05, 0.1) is 10.6 Å². The normalized spacial score (nSPS) is 10.3. The molecule has 0 bridgehead atoms. The first kappa shape index (κ1) is 12.6. The third kappa shape index (κ3) is 3.11. The highest BCUT2D eigenvalue weighted by molar-refractivity contribution is 7.98. The predicted molar refractivity (Wildman–Crippen MR) is 71.9 cm³/mol. The van der Waals surface area contributed by atoms with E-state index < -0.39 is 5.97 Å². The van der Waals surface area contributed by atoms with Gasteiger partial charge in [0.2, 0.25) is 0 Å². The zero-order chi connectivity index (χ0) is 13.0. The first-order valence-electron chi connectivity index (χ1n) is 5.53. The largest absolute Gasteiger partial charge is 0.478 e. The van der Waals surface area contributed by atoms with Gasteiger partial charge in [0.25, 0.3) is 0 Å². The highest BCUT2D eigenvalue weighted by Gasteiger charge is 2.07. The van der Waals surface area contributed by atoms with Crippen LogP contribution in [-0.4, -0.2) is 16.1 Å². The molecule has 92 valence electrons. The number of aryl methyl sites for hydroxylation is 1. The van der Waals surface area contributed by atoms with E-state index in [0.29, 0.717) is 0 Å². The molecule has 1 aromatic carbocycles. The predicted octanol–water partition coefficient (Wildman–Crippen LogP) is 3.38. The Balaban J connectivity index is 2.08. The van der Waals surface area contributed by atoms with Gasteiger partial charge in [-0.1, -0.05) is 30.3 Å². The Bertz CT molecular complexity index is 555. The quantitative estimate of drug-likeness (QED) is 0.855. The zero-order valence-electron chi connectivity index (χ0n) is 9.96. The molecule has 18 heavy (non-hydrogen) atoms. The van der Waals surface area contributed by atoms with E-state index in [1.165, 1.54) is 11.8 Å². The molecule has 2 aromatic rings. The van der Waals surface area contributed by atoms with Crippen molar-refractivity contribution >= 4 is 17.7 Å². The van der Waals surface area contributed by atoms with Gasteiger partial charge in [-0.15, -0.1) is 11.8 Å². The van der Waals surface area contributed by atoms with E-state index in [1.807, 2.05) is 25.1 Å². The van der Waals surface area contributed by atoms with Crippen molar-refractivity contribution in [2.75, 3.05) is 0 Å². The van der Waals surface area contributed by atoms with Gasteiger partial charge in [0.1, 0.15) is 0 Å². The van der Waals surface area contributed by atoms with Crippen LogP contribution in [0, 0.1) is 6.92 Å². The highest BCUT2D eigenvalue weighted by atomic mass is 32.2. The number of benzene rings is 1. The van der Waals surface area contributed by atoms with Crippen molar-refractivity contribution in [2.45, 2.75) is 17.7 Å². The Morgan fingerprint density at radius 2 is 2.06 bits per heavy atom. The van der Waals surface area contributed by atoms with Crippen LogP contribution in [-0.2, 0) is 5.75 Å². The van der Waals surface area contributed by atoms with Crippen LogP contribution in [0.1, 0.15) is 21.5 Å². The van der Waals surface area contributed by atoms with Crippen LogP contribution in [0.4, 0.5) is 0 Å². The summed E-state index contributed by atoms with van der Waals surface area (Å²) in [6, 6.07) is 11.8. The van der Waals surface area contributed by atoms with Gasteiger partial charge in [0, 0.05) is 11.9 Å². The number of carboxylic acid groups (broad SMARTS) is 1. The SMILES string of the molecule is Cc1cc(C(=O)O)cnc1SCc1ccccc1. The molecule has 1 N–H and O–H groups in total. The number of carbonyl (C=O) groups is 1. The standard InChI is InChI=1S/C14H13NO2S/c1-10-7-12(14(16)17)8-15-13(10)18-9-11-5-3-2-4-6-11/h2-8H,9H2,1H3,(H,16,17). The number of hydrogen-bond donors (Lipinski definition) is 1. The summed E-state index contributed by atoms with van der Waals surface area (Å²) >= 11 is 1.62. The van der Waals surface area contributed by atoms with E-state index in [1.54, 1.807) is 17.8 Å². The Morgan fingerprint density at radius 3 is 2.67 bits per heavy atom. The van der Waals surface area contributed by atoms with E-state index in [-0.39, 0.29) is 5.56 Å². The second kappa shape index (κ2) is 5.69. The Kier molecular flexibility index (Phi) is 3.99. The van der Waals surface area contributed by atoms with E-state index in [0.717, 1.165) is 16.3 Å². The smallest absolute Gasteiger partial charge is 0.337 e. The Morgan fingerprint density at radius 1 is 1.33 bits per heavy atom. The maximum Gasteiger partial charge on any atom is 0.337 e. The molecule has 4 heteroatoms. The molecule has 0 unspecified atom stereocenters. The van der Waals surface area contributed by atoms with Gasteiger partial charge >= 0.3 is 5.97 Å². The maximum absolute atomic E-state index is 10.8. The summed E-state index contributed by atoms with van der Waals surface area (Å²) < 4.78 is 0. The first-order chi connectivity index (χ1) is 8.66. The molecule has 0 saturated heterocycles. The fourth-order valence-electron chi connectivity index (χ4n) is 1.56. The summed E-state index contributed by atoms with van der Waals surface area (Å²) in [7, 11) is 0. The summed E-state index contributed by atoms with van der Waals surface area (Å²) in [4.78, 5) is 15.0. The van der Waals surface area contributed by atoms with Crippen molar-refractivity contribution in [1.29, 1.82) is 0 Å². The first-order valence-corrected chi connectivity index (χ1v) is 6.52. The van der Waals surface area contributed by atoms with Crippen LogP contribution in [0.15, 0.2) is 47.6 Å². The number of rotatable bonds is 4. The third-order valence-electron chi connectivity index (χ3n) is 2.50. The lowest BCUT2D eigenvalue weighted by molar-refractivity contribution is 0.0696. The Hall–Kier alpha value is -1.81. The lowest BCUT2D eigenvalue weighted by Gasteiger charge is -2.05. The molecule has 0 radical (unpaired) electrons. The number of aromatic carboxylic acids is 1. The molecule has 0 aliphatic heterocycles. The summed E-state index contributed by atoms with van der Waals surface area (Å²) in [5, 5.41) is 9.74. The number of aromatic nitrogens is 1. The molecule has 1 heterocycles. The van der Waals surface area contributed by atoms with Crippen molar-refractivity contribution in [2.24, 2.45) is 0 Å². The second-order valence-corrected chi connectivity index (χ2v) is 4.89. The fraction of sp³-hybridized carbons (Fsp3) is 0.143. The fourth-order valence-corrected chi connectivity index (χ4v) is 2.47. The number of carboxylic acids is 1. The number of hydrogen-bond acceptors (Lipinski definition) is 3. The minimum atomic E-state index is -0.940. The number of nitrogens with zero attached hydrogens (tertiary/aromatic N) is 1. The molecule has 0 fully saturated rings. The van der Waals surface area contributed by atoms with Gasteiger partial charge in [-0.05, 0) is 24.1 Å². The van der Waals surface area contributed by atoms with Gasteiger partial charge in [-0.3, -0.25) is 0 Å². The molecule has 0 aliphatic rings. The average Bonchev–Trinajstić information content (AvgIpc) is 2.38. The minimum Gasteiger partial charge on any atom is -0.478 e. The highest BCUT2D eigenvalue weighted by Crippen LogP contribution is 2.24. The molecule has 1 aromatic heterocycles. The number of pyridine rings is 1. The molecule has 3 nitrogen and oxygen atoms in total. The van der Waals surface area contributed by atoms with Crippen molar-refractivity contribution in [1.82, 2.24) is 4.98 Å². The van der Waals surface area contributed by atoms with Crippen LogP contribution in [0.25, 0.3) is 0 Å². The van der Waals surface area contributed by atoms with E-state index in [9.17, 15) is 4.79 Å². The van der Waals surface area contributed by atoms with Crippen molar-refractivity contribution < 1.29 is 9.90 Å². The van der Waals surface area contributed by atoms with Crippen LogP contribution in [0.3, 0.4) is 0 Å². The van der Waals surface area contributed by atoms with Gasteiger partial charge in [0.15, 0.2) is 0 Å². The Labute approximate surface area is 110 Å². The molecule has 0 saturated carbocycles. The van der Waals surface area contributed by atoms with Gasteiger partial charge in [-0.25, -0.2) is 9.78 Å². The van der Waals surface area contributed by atoms with E-state index in [2.05, 4.69) is 17.1 Å². The topological polar surface area (TPSA) is 50.2 Å². The summed E-state index contributed by atoms with van der Waals surface area (Å²) in [5.41, 5.74) is 2.36. The van der Waals surface area contributed by atoms with Crippen molar-refractivity contribution in [3.8, 4) is 0 Å². The molecule has 2 rings (SSSR count). The van der Waals surface area contributed by atoms with Crippen LogP contribution < -0.4 is 0 Å². The van der Waals surface area contributed by atoms with Crippen LogP contribution in [0.5, 0.6) is 0 Å². The van der Waals surface area contributed by atoms with Crippen LogP contribution >= 0.6 is 11.8 Å². The summed E-state index contributed by atoms with van der Waals surface area (Å²) in [6.45, 7) is 1.88. The monoisotopic (exact) mass is 259 g/mol. The van der Waals surface area contributed by atoms with E-state index >= 15 is 0 Å². The van der Waals surface area contributed by atoms with Crippen molar-refractivity contribution in [3.63, 3.8) is 0 Å². The summed E-state index contributed by atoms with van der Waals surface area (Å²) in [5.74, 6) is -0.105. The lowest BCUT2D eigenvalue weighted by atomic mass is 10.2. The molecular weight excluding hydrogens is 246 g/mol. The molecule has 0 spiro atoms.